The Morgan fingerprint density at radius 3 is 2.55 bits per heavy atom. The lowest BCUT2D eigenvalue weighted by atomic mass is 9.96. The standard InChI is InChI=1S/C24H18Cl3NO3/c25-17-5-7-23(31-13-14-4-6-21(26)22(27)8-14)20(10-17)19-3-1-2-18(19)15-9-16(24(29)30)12-28-11-15/h4-12H,1-3,13H2,(H,29,30). The van der Waals surface area contributed by atoms with Crippen LogP contribution in [0.25, 0.3) is 11.1 Å². The summed E-state index contributed by atoms with van der Waals surface area (Å²) in [7, 11) is 0. The number of hydrogen-bond acceptors (Lipinski definition) is 3. The Balaban J connectivity index is 1.70. The number of rotatable bonds is 6. The largest absolute Gasteiger partial charge is 0.488 e. The highest BCUT2D eigenvalue weighted by Crippen LogP contribution is 2.43. The minimum Gasteiger partial charge on any atom is -0.488 e. The van der Waals surface area contributed by atoms with Crippen molar-refractivity contribution in [2.75, 3.05) is 0 Å². The number of halogens is 3. The molecule has 1 aromatic heterocycles. The normalized spacial score (nSPS) is 13.5. The van der Waals surface area contributed by atoms with Gasteiger partial charge in [0.05, 0.1) is 15.6 Å². The van der Waals surface area contributed by atoms with E-state index in [0.29, 0.717) is 27.4 Å². The van der Waals surface area contributed by atoms with Crippen LogP contribution in [0.2, 0.25) is 15.1 Å². The van der Waals surface area contributed by atoms with Crippen LogP contribution in [-0.2, 0) is 6.61 Å². The molecule has 0 saturated heterocycles. The number of aromatic nitrogens is 1. The van der Waals surface area contributed by atoms with Gasteiger partial charge >= 0.3 is 5.97 Å². The van der Waals surface area contributed by atoms with E-state index in [1.165, 1.54) is 6.20 Å². The Morgan fingerprint density at radius 1 is 0.968 bits per heavy atom. The second kappa shape index (κ2) is 9.31. The van der Waals surface area contributed by atoms with Crippen molar-refractivity contribution in [3.8, 4) is 5.75 Å². The first-order chi connectivity index (χ1) is 14.9. The lowest BCUT2D eigenvalue weighted by Crippen LogP contribution is -2.00. The van der Waals surface area contributed by atoms with Gasteiger partial charge in [0.25, 0.3) is 0 Å². The fourth-order valence-corrected chi connectivity index (χ4v) is 4.23. The lowest BCUT2D eigenvalue weighted by Gasteiger charge is -2.15. The molecule has 1 aliphatic carbocycles. The molecule has 0 atom stereocenters. The number of carboxylic acids is 1. The number of pyridine rings is 1. The summed E-state index contributed by atoms with van der Waals surface area (Å²) in [4.78, 5) is 15.5. The predicted molar refractivity (Wildman–Crippen MR) is 124 cm³/mol. The van der Waals surface area contributed by atoms with E-state index in [2.05, 4.69) is 4.98 Å². The van der Waals surface area contributed by atoms with E-state index in [0.717, 1.165) is 47.1 Å². The van der Waals surface area contributed by atoms with Gasteiger partial charge in [-0.05, 0) is 77.9 Å². The van der Waals surface area contributed by atoms with Crippen LogP contribution in [0.5, 0.6) is 5.75 Å². The molecule has 31 heavy (non-hydrogen) atoms. The van der Waals surface area contributed by atoms with Crippen LogP contribution < -0.4 is 4.74 Å². The summed E-state index contributed by atoms with van der Waals surface area (Å²) in [5.74, 6) is -0.296. The molecule has 158 valence electrons. The zero-order valence-electron chi connectivity index (χ0n) is 16.4. The maximum atomic E-state index is 11.4. The second-order valence-electron chi connectivity index (χ2n) is 7.26. The van der Waals surface area contributed by atoms with Gasteiger partial charge in [0.15, 0.2) is 0 Å². The summed E-state index contributed by atoms with van der Waals surface area (Å²) < 4.78 is 6.13. The Morgan fingerprint density at radius 2 is 1.77 bits per heavy atom. The molecule has 1 heterocycles. The lowest BCUT2D eigenvalue weighted by molar-refractivity contribution is 0.0696. The molecule has 1 aliphatic rings. The summed E-state index contributed by atoms with van der Waals surface area (Å²) in [6.07, 6.45) is 5.69. The summed E-state index contributed by atoms with van der Waals surface area (Å²) in [5, 5.41) is 10.9. The van der Waals surface area contributed by atoms with E-state index in [-0.39, 0.29) is 5.56 Å². The highest BCUT2D eigenvalue weighted by atomic mass is 35.5. The van der Waals surface area contributed by atoms with Gasteiger partial charge in [-0.15, -0.1) is 0 Å². The van der Waals surface area contributed by atoms with Gasteiger partial charge in [-0.2, -0.15) is 0 Å². The average molecular weight is 475 g/mol. The zero-order valence-corrected chi connectivity index (χ0v) is 18.6. The summed E-state index contributed by atoms with van der Waals surface area (Å²) in [6, 6.07) is 12.6. The van der Waals surface area contributed by atoms with E-state index in [9.17, 15) is 9.90 Å². The molecule has 0 fully saturated rings. The van der Waals surface area contributed by atoms with Crippen LogP contribution in [0.4, 0.5) is 0 Å². The molecule has 0 spiro atoms. The fourth-order valence-electron chi connectivity index (χ4n) is 3.74. The van der Waals surface area contributed by atoms with Gasteiger partial charge in [-0.3, -0.25) is 4.98 Å². The third-order valence-electron chi connectivity index (χ3n) is 5.20. The van der Waals surface area contributed by atoms with Crippen LogP contribution in [0, 0.1) is 0 Å². The molecule has 0 unspecified atom stereocenters. The van der Waals surface area contributed by atoms with Gasteiger partial charge in [0, 0.05) is 23.0 Å². The van der Waals surface area contributed by atoms with Crippen molar-refractivity contribution >= 4 is 51.9 Å². The van der Waals surface area contributed by atoms with E-state index in [4.69, 9.17) is 39.5 Å². The topological polar surface area (TPSA) is 59.4 Å². The van der Waals surface area contributed by atoms with Gasteiger partial charge in [-0.1, -0.05) is 40.9 Å². The number of aromatic carboxylic acids is 1. The van der Waals surface area contributed by atoms with Gasteiger partial charge in [-0.25, -0.2) is 4.79 Å². The molecule has 0 amide bonds. The third-order valence-corrected chi connectivity index (χ3v) is 6.17. The van der Waals surface area contributed by atoms with Crippen molar-refractivity contribution in [2.45, 2.75) is 25.9 Å². The van der Waals surface area contributed by atoms with Crippen molar-refractivity contribution in [2.24, 2.45) is 0 Å². The van der Waals surface area contributed by atoms with Crippen molar-refractivity contribution in [3.63, 3.8) is 0 Å². The smallest absolute Gasteiger partial charge is 0.337 e. The molecular formula is C24H18Cl3NO3. The Labute approximate surface area is 195 Å². The molecular weight excluding hydrogens is 457 g/mol. The number of carboxylic acid groups (broad SMARTS) is 1. The van der Waals surface area contributed by atoms with Crippen molar-refractivity contribution in [3.05, 3.63) is 92.2 Å². The zero-order chi connectivity index (χ0) is 22.0. The molecule has 0 radical (unpaired) electrons. The van der Waals surface area contributed by atoms with Gasteiger partial charge in [0.2, 0.25) is 0 Å². The van der Waals surface area contributed by atoms with E-state index < -0.39 is 5.97 Å². The van der Waals surface area contributed by atoms with Crippen LogP contribution in [0.1, 0.15) is 46.3 Å². The number of carbonyl (C=O) groups is 1. The molecule has 0 aliphatic heterocycles. The molecule has 3 aromatic rings. The maximum Gasteiger partial charge on any atom is 0.337 e. The third kappa shape index (κ3) is 4.87. The molecule has 0 saturated carbocycles. The predicted octanol–water partition coefficient (Wildman–Crippen LogP) is 7.41. The van der Waals surface area contributed by atoms with Crippen LogP contribution >= 0.6 is 34.8 Å². The average Bonchev–Trinajstić information content (AvgIpc) is 3.25. The highest BCUT2D eigenvalue weighted by molar-refractivity contribution is 6.42. The van der Waals surface area contributed by atoms with Crippen LogP contribution in [0.3, 0.4) is 0 Å². The molecule has 1 N–H and O–H groups in total. The highest BCUT2D eigenvalue weighted by Gasteiger charge is 2.22. The van der Waals surface area contributed by atoms with Gasteiger partial charge in [0.1, 0.15) is 12.4 Å². The first kappa shape index (κ1) is 21.7. The van der Waals surface area contributed by atoms with Crippen molar-refractivity contribution in [1.29, 1.82) is 0 Å². The summed E-state index contributed by atoms with van der Waals surface area (Å²) >= 11 is 18.4. The van der Waals surface area contributed by atoms with Crippen molar-refractivity contribution in [1.82, 2.24) is 4.98 Å². The van der Waals surface area contributed by atoms with E-state index in [1.807, 2.05) is 18.2 Å². The Hall–Kier alpha value is -2.53. The van der Waals surface area contributed by atoms with Gasteiger partial charge < -0.3 is 9.84 Å². The Bertz CT molecular complexity index is 1190. The maximum absolute atomic E-state index is 11.4. The van der Waals surface area contributed by atoms with Crippen LogP contribution in [0.15, 0.2) is 54.9 Å². The van der Waals surface area contributed by atoms with E-state index in [1.54, 1.807) is 30.5 Å². The monoisotopic (exact) mass is 473 g/mol. The fraction of sp³-hybridized carbons (Fsp3) is 0.167. The molecule has 4 nitrogen and oxygen atoms in total. The molecule has 0 bridgehead atoms. The summed E-state index contributed by atoms with van der Waals surface area (Å²) in [6.45, 7) is 0.324. The quantitative estimate of drug-likeness (QED) is 0.404. The number of benzene rings is 2. The first-order valence-electron chi connectivity index (χ1n) is 9.70. The molecule has 7 heteroatoms. The SMILES string of the molecule is O=C(O)c1cncc(C2=C(c3cc(Cl)ccc3OCc3ccc(Cl)c(Cl)c3)CCC2)c1. The minimum absolute atomic E-state index is 0.165. The number of nitrogens with zero attached hydrogens (tertiary/aromatic N) is 1. The number of allylic oxidation sites excluding steroid dienone is 2. The van der Waals surface area contributed by atoms with Crippen molar-refractivity contribution < 1.29 is 14.6 Å². The minimum atomic E-state index is -0.997. The summed E-state index contributed by atoms with van der Waals surface area (Å²) in [5.41, 5.74) is 4.93. The first-order valence-corrected chi connectivity index (χ1v) is 10.8. The van der Waals surface area contributed by atoms with E-state index >= 15 is 0 Å². The van der Waals surface area contributed by atoms with Crippen LogP contribution in [-0.4, -0.2) is 16.1 Å². The molecule has 4 rings (SSSR count). The number of hydrogen-bond donors (Lipinski definition) is 1. The molecule has 2 aromatic carbocycles. The Kier molecular flexibility index (Phi) is 6.51. The second-order valence-corrected chi connectivity index (χ2v) is 8.51. The number of ether oxygens (including phenoxy) is 1.